The number of piperidine rings is 1. The van der Waals surface area contributed by atoms with Crippen LogP contribution < -0.4 is 10.6 Å². The van der Waals surface area contributed by atoms with Crippen LogP contribution in [-0.4, -0.2) is 18.6 Å². The van der Waals surface area contributed by atoms with Gasteiger partial charge in [-0.2, -0.15) is 0 Å². The van der Waals surface area contributed by atoms with Gasteiger partial charge in [-0.25, -0.2) is 0 Å². The molecule has 0 spiro atoms. The van der Waals surface area contributed by atoms with E-state index in [1.807, 2.05) is 0 Å². The Morgan fingerprint density at radius 2 is 1.76 bits per heavy atom. The molecule has 0 aromatic heterocycles. The molecule has 0 amide bonds. The van der Waals surface area contributed by atoms with Gasteiger partial charge in [0.15, 0.2) is 0 Å². The molecule has 21 heavy (non-hydrogen) atoms. The maximum absolute atomic E-state index is 3.86. The van der Waals surface area contributed by atoms with Crippen LogP contribution in [0, 0.1) is 12.8 Å². The lowest BCUT2D eigenvalue weighted by Gasteiger charge is -2.40. The summed E-state index contributed by atoms with van der Waals surface area (Å²) in [6.45, 7) is 4.41. The summed E-state index contributed by atoms with van der Waals surface area (Å²) in [7, 11) is 0. The van der Waals surface area contributed by atoms with E-state index in [1.54, 1.807) is 0 Å². The maximum Gasteiger partial charge on any atom is 0.0208 e. The molecule has 1 saturated carbocycles. The molecule has 2 N–H and O–H groups in total. The molecule has 2 heteroatoms. The first-order valence-electron chi connectivity index (χ1n) is 8.85. The van der Waals surface area contributed by atoms with Gasteiger partial charge in [-0.1, -0.05) is 49.1 Å². The summed E-state index contributed by atoms with van der Waals surface area (Å²) in [6.07, 6.45) is 9.75. The fourth-order valence-corrected chi connectivity index (χ4v) is 4.09. The predicted octanol–water partition coefficient (Wildman–Crippen LogP) is 3.79. The lowest BCUT2D eigenvalue weighted by Crippen LogP contribution is -2.50. The minimum Gasteiger partial charge on any atom is -0.314 e. The first-order valence-corrected chi connectivity index (χ1v) is 8.85. The summed E-state index contributed by atoms with van der Waals surface area (Å²) in [5, 5.41) is 7.65. The molecule has 116 valence electrons. The second-order valence-electron chi connectivity index (χ2n) is 6.98. The van der Waals surface area contributed by atoms with Gasteiger partial charge in [0.2, 0.25) is 0 Å². The highest BCUT2D eigenvalue weighted by Gasteiger charge is 2.31. The van der Waals surface area contributed by atoms with Gasteiger partial charge in [0.05, 0.1) is 0 Å². The van der Waals surface area contributed by atoms with E-state index >= 15 is 0 Å². The molecular weight excluding hydrogens is 256 g/mol. The van der Waals surface area contributed by atoms with Crippen molar-refractivity contribution in [1.82, 2.24) is 10.6 Å². The zero-order valence-electron chi connectivity index (χ0n) is 13.4. The minimum atomic E-state index is 0.704. The Kier molecular flexibility index (Phi) is 5.32. The molecule has 1 aromatic rings. The van der Waals surface area contributed by atoms with E-state index in [0.717, 1.165) is 18.5 Å². The number of nitrogens with one attached hydrogen (secondary N) is 2. The van der Waals surface area contributed by atoms with E-state index in [-0.39, 0.29) is 0 Å². The van der Waals surface area contributed by atoms with Crippen molar-refractivity contribution in [2.24, 2.45) is 5.92 Å². The summed E-state index contributed by atoms with van der Waals surface area (Å²) >= 11 is 0. The molecule has 3 rings (SSSR count). The van der Waals surface area contributed by atoms with E-state index in [4.69, 9.17) is 0 Å². The van der Waals surface area contributed by atoms with Gasteiger partial charge in [0, 0.05) is 18.6 Å². The van der Waals surface area contributed by atoms with Crippen molar-refractivity contribution in [2.45, 2.75) is 70.5 Å². The van der Waals surface area contributed by atoms with Crippen molar-refractivity contribution in [2.75, 3.05) is 6.54 Å². The average Bonchev–Trinajstić information content (AvgIpc) is 2.55. The van der Waals surface area contributed by atoms with Gasteiger partial charge in [0.1, 0.15) is 0 Å². The quantitative estimate of drug-likeness (QED) is 0.880. The van der Waals surface area contributed by atoms with Crippen LogP contribution in [0.2, 0.25) is 0 Å². The highest BCUT2D eigenvalue weighted by molar-refractivity contribution is 5.21. The summed E-state index contributed by atoms with van der Waals surface area (Å²) in [4.78, 5) is 0. The van der Waals surface area contributed by atoms with Crippen molar-refractivity contribution in [3.63, 3.8) is 0 Å². The third kappa shape index (κ3) is 4.08. The number of rotatable bonds is 4. The normalized spacial score (nSPS) is 30.2. The van der Waals surface area contributed by atoms with Crippen LogP contribution in [0.25, 0.3) is 0 Å². The van der Waals surface area contributed by atoms with Crippen molar-refractivity contribution in [3.8, 4) is 0 Å². The first-order chi connectivity index (χ1) is 10.3. The van der Waals surface area contributed by atoms with Gasteiger partial charge >= 0.3 is 0 Å². The van der Waals surface area contributed by atoms with Crippen LogP contribution in [0.3, 0.4) is 0 Å². The number of hydrogen-bond donors (Lipinski definition) is 2. The Morgan fingerprint density at radius 1 is 1.00 bits per heavy atom. The second-order valence-corrected chi connectivity index (χ2v) is 6.98. The summed E-state index contributed by atoms with van der Waals surface area (Å²) < 4.78 is 0. The Morgan fingerprint density at radius 3 is 2.52 bits per heavy atom. The fraction of sp³-hybridized carbons (Fsp3) is 0.684. The molecule has 3 unspecified atom stereocenters. The molecule has 2 aliphatic rings. The molecule has 1 aliphatic heterocycles. The van der Waals surface area contributed by atoms with Gasteiger partial charge < -0.3 is 10.6 Å². The minimum absolute atomic E-state index is 0.704. The lowest BCUT2D eigenvalue weighted by molar-refractivity contribution is 0.181. The Hall–Kier alpha value is -0.860. The zero-order valence-corrected chi connectivity index (χ0v) is 13.4. The van der Waals surface area contributed by atoms with E-state index in [2.05, 4.69) is 41.8 Å². The molecule has 0 bridgehead atoms. The Balaban J connectivity index is 1.57. The molecular formula is C19H30N2. The third-order valence-corrected chi connectivity index (χ3v) is 5.37. The second kappa shape index (κ2) is 7.42. The zero-order chi connectivity index (χ0) is 14.5. The van der Waals surface area contributed by atoms with Crippen molar-refractivity contribution < 1.29 is 0 Å². The maximum atomic E-state index is 3.86. The van der Waals surface area contributed by atoms with Crippen LogP contribution in [0.5, 0.6) is 0 Å². The lowest BCUT2D eigenvalue weighted by atomic mass is 9.77. The van der Waals surface area contributed by atoms with Crippen LogP contribution in [0.15, 0.2) is 24.3 Å². The SMILES string of the molecule is Cc1ccc(CNC2CCCCC2C2CCCCN2)cc1. The number of hydrogen-bond acceptors (Lipinski definition) is 2. The van der Waals surface area contributed by atoms with Gasteiger partial charge in [0.25, 0.3) is 0 Å². The average molecular weight is 286 g/mol. The first kappa shape index (κ1) is 15.1. The van der Waals surface area contributed by atoms with Gasteiger partial charge in [-0.3, -0.25) is 0 Å². The summed E-state index contributed by atoms with van der Waals surface area (Å²) in [5.41, 5.74) is 2.77. The van der Waals surface area contributed by atoms with Crippen LogP contribution in [-0.2, 0) is 6.54 Å². The van der Waals surface area contributed by atoms with Crippen LogP contribution >= 0.6 is 0 Å². The highest BCUT2D eigenvalue weighted by atomic mass is 15.0. The Labute approximate surface area is 129 Å². The monoisotopic (exact) mass is 286 g/mol. The van der Waals surface area contributed by atoms with Gasteiger partial charge in [-0.15, -0.1) is 0 Å². The van der Waals surface area contributed by atoms with Gasteiger partial charge in [-0.05, 0) is 50.6 Å². The summed E-state index contributed by atoms with van der Waals surface area (Å²) in [5.74, 6) is 0.837. The van der Waals surface area contributed by atoms with Crippen LogP contribution in [0.4, 0.5) is 0 Å². The molecule has 1 saturated heterocycles. The molecule has 2 nitrogen and oxygen atoms in total. The smallest absolute Gasteiger partial charge is 0.0208 e. The molecule has 3 atom stereocenters. The highest BCUT2D eigenvalue weighted by Crippen LogP contribution is 2.30. The third-order valence-electron chi connectivity index (χ3n) is 5.37. The van der Waals surface area contributed by atoms with E-state index < -0.39 is 0 Å². The standard InChI is InChI=1S/C19H30N2/c1-15-9-11-16(12-10-15)14-21-19-7-3-2-6-17(19)18-8-4-5-13-20-18/h9-12,17-21H,2-8,13-14H2,1H3. The molecule has 1 heterocycles. The predicted molar refractivity (Wildman–Crippen MR) is 89.4 cm³/mol. The van der Waals surface area contributed by atoms with Crippen LogP contribution in [0.1, 0.15) is 56.1 Å². The van der Waals surface area contributed by atoms with Crippen molar-refractivity contribution in [3.05, 3.63) is 35.4 Å². The largest absolute Gasteiger partial charge is 0.314 e. The topological polar surface area (TPSA) is 24.1 Å². The molecule has 2 fully saturated rings. The molecule has 1 aromatic carbocycles. The summed E-state index contributed by atoms with van der Waals surface area (Å²) in [6, 6.07) is 10.4. The number of aryl methyl sites for hydroxylation is 1. The van der Waals surface area contributed by atoms with Crippen molar-refractivity contribution in [1.29, 1.82) is 0 Å². The molecule has 0 radical (unpaired) electrons. The molecule has 1 aliphatic carbocycles. The number of benzene rings is 1. The Bertz CT molecular complexity index is 420. The van der Waals surface area contributed by atoms with E-state index in [1.165, 1.54) is 62.6 Å². The van der Waals surface area contributed by atoms with Crippen molar-refractivity contribution >= 4 is 0 Å². The fourth-order valence-electron chi connectivity index (χ4n) is 4.09. The van der Waals surface area contributed by atoms with E-state index in [0.29, 0.717) is 6.04 Å². The van der Waals surface area contributed by atoms with E-state index in [9.17, 15) is 0 Å².